The summed E-state index contributed by atoms with van der Waals surface area (Å²) in [5.74, 6) is -0.160. The van der Waals surface area contributed by atoms with Crippen LogP contribution in [0.5, 0.6) is 0 Å². The summed E-state index contributed by atoms with van der Waals surface area (Å²) in [5.41, 5.74) is -0.490. The van der Waals surface area contributed by atoms with Gasteiger partial charge in [-0.3, -0.25) is 9.69 Å². The molecule has 1 aliphatic heterocycles. The molecule has 0 aliphatic carbocycles. The number of carbonyl (C=O) groups excluding carboxylic acids is 1. The highest BCUT2D eigenvalue weighted by Gasteiger charge is 2.34. The Balaban J connectivity index is 2.71. The lowest BCUT2D eigenvalue weighted by Gasteiger charge is -2.36. The minimum absolute atomic E-state index is 0.160. The van der Waals surface area contributed by atoms with Gasteiger partial charge < -0.3 is 9.84 Å². The van der Waals surface area contributed by atoms with Crippen LogP contribution in [-0.2, 0) is 9.53 Å². The number of hydrogen-bond donors (Lipinski definition) is 1. The zero-order chi connectivity index (χ0) is 14.5. The number of nitrogens with zero attached hydrogens (tertiary/aromatic N) is 1. The zero-order valence-corrected chi connectivity index (χ0v) is 12.8. The number of carbonyl (C=O) groups is 1. The molecule has 0 aromatic heterocycles. The highest BCUT2D eigenvalue weighted by atomic mass is 16.5. The van der Waals surface area contributed by atoms with E-state index in [1.54, 1.807) is 0 Å². The Labute approximate surface area is 117 Å². The quantitative estimate of drug-likeness (QED) is 0.779. The molecule has 0 aromatic rings. The van der Waals surface area contributed by atoms with Crippen LogP contribution in [0.15, 0.2) is 0 Å². The van der Waals surface area contributed by atoms with Crippen molar-refractivity contribution in [1.29, 1.82) is 0 Å². The second-order valence-corrected chi connectivity index (χ2v) is 6.43. The van der Waals surface area contributed by atoms with Gasteiger partial charge in [-0.2, -0.15) is 0 Å². The molecule has 2 unspecified atom stereocenters. The van der Waals surface area contributed by atoms with E-state index in [1.807, 2.05) is 20.8 Å². The number of esters is 1. The Morgan fingerprint density at radius 2 is 2.11 bits per heavy atom. The van der Waals surface area contributed by atoms with E-state index in [1.165, 1.54) is 26.4 Å². The molecule has 19 heavy (non-hydrogen) atoms. The SMILES string of the molecule is COC(=O)C(C)(C)CN1CCCCCC1CC(C)O. The number of aliphatic hydroxyl groups excluding tert-OH is 1. The van der Waals surface area contributed by atoms with Gasteiger partial charge in [0.2, 0.25) is 0 Å². The molecule has 1 aliphatic rings. The summed E-state index contributed by atoms with van der Waals surface area (Å²) in [6, 6.07) is 0.381. The highest BCUT2D eigenvalue weighted by Crippen LogP contribution is 2.26. The number of likely N-dealkylation sites (tertiary alicyclic amines) is 1. The zero-order valence-electron chi connectivity index (χ0n) is 12.8. The summed E-state index contributed by atoms with van der Waals surface area (Å²) < 4.78 is 4.89. The highest BCUT2D eigenvalue weighted by molar-refractivity contribution is 5.76. The van der Waals surface area contributed by atoms with Gasteiger partial charge in [0.25, 0.3) is 0 Å². The minimum Gasteiger partial charge on any atom is -0.469 e. The van der Waals surface area contributed by atoms with Crippen LogP contribution in [0.3, 0.4) is 0 Å². The number of methoxy groups -OCH3 is 1. The molecule has 4 heteroatoms. The van der Waals surface area contributed by atoms with Crippen molar-refractivity contribution in [2.45, 2.75) is 65.0 Å². The maximum Gasteiger partial charge on any atom is 0.312 e. The molecule has 4 nitrogen and oxygen atoms in total. The van der Waals surface area contributed by atoms with Gasteiger partial charge in [-0.05, 0) is 46.6 Å². The van der Waals surface area contributed by atoms with Crippen molar-refractivity contribution in [2.75, 3.05) is 20.2 Å². The van der Waals surface area contributed by atoms with E-state index in [2.05, 4.69) is 4.90 Å². The van der Waals surface area contributed by atoms with Gasteiger partial charge in [-0.15, -0.1) is 0 Å². The summed E-state index contributed by atoms with van der Waals surface area (Å²) in [4.78, 5) is 14.2. The van der Waals surface area contributed by atoms with E-state index in [-0.39, 0.29) is 12.1 Å². The van der Waals surface area contributed by atoms with Crippen LogP contribution in [0.4, 0.5) is 0 Å². The maximum atomic E-state index is 11.8. The van der Waals surface area contributed by atoms with E-state index in [9.17, 15) is 9.90 Å². The molecule has 1 saturated heterocycles. The van der Waals surface area contributed by atoms with E-state index in [4.69, 9.17) is 4.74 Å². The minimum atomic E-state index is -0.490. The Hall–Kier alpha value is -0.610. The summed E-state index contributed by atoms with van der Waals surface area (Å²) in [7, 11) is 1.44. The fraction of sp³-hybridized carbons (Fsp3) is 0.933. The molecule has 0 saturated carbocycles. The smallest absolute Gasteiger partial charge is 0.312 e. The molecule has 1 N–H and O–H groups in total. The van der Waals surface area contributed by atoms with Crippen molar-refractivity contribution >= 4 is 5.97 Å². The van der Waals surface area contributed by atoms with Gasteiger partial charge in [-0.25, -0.2) is 0 Å². The molecule has 0 bridgehead atoms. The van der Waals surface area contributed by atoms with Crippen molar-refractivity contribution in [2.24, 2.45) is 5.41 Å². The fourth-order valence-corrected chi connectivity index (χ4v) is 2.95. The number of ether oxygens (including phenoxy) is 1. The lowest BCUT2D eigenvalue weighted by Crippen LogP contribution is -2.45. The average molecular weight is 271 g/mol. The van der Waals surface area contributed by atoms with Crippen LogP contribution in [0.2, 0.25) is 0 Å². The van der Waals surface area contributed by atoms with Crippen molar-refractivity contribution in [3.05, 3.63) is 0 Å². The molecular weight excluding hydrogens is 242 g/mol. The third kappa shape index (κ3) is 5.11. The van der Waals surface area contributed by atoms with Crippen LogP contribution in [0.25, 0.3) is 0 Å². The maximum absolute atomic E-state index is 11.8. The first-order valence-electron chi connectivity index (χ1n) is 7.37. The first kappa shape index (κ1) is 16.4. The lowest BCUT2D eigenvalue weighted by molar-refractivity contribution is -0.152. The molecular formula is C15H29NO3. The van der Waals surface area contributed by atoms with E-state index < -0.39 is 5.41 Å². The third-order valence-electron chi connectivity index (χ3n) is 3.95. The molecule has 1 fully saturated rings. The second kappa shape index (κ2) is 7.25. The van der Waals surface area contributed by atoms with Gasteiger partial charge in [-0.1, -0.05) is 12.8 Å². The molecule has 0 spiro atoms. The molecule has 1 heterocycles. The Morgan fingerprint density at radius 1 is 1.42 bits per heavy atom. The average Bonchev–Trinajstić information content (AvgIpc) is 2.53. The normalized spacial score (nSPS) is 23.7. The van der Waals surface area contributed by atoms with Crippen LogP contribution < -0.4 is 0 Å². The van der Waals surface area contributed by atoms with Gasteiger partial charge >= 0.3 is 5.97 Å². The lowest BCUT2D eigenvalue weighted by atomic mass is 9.91. The first-order chi connectivity index (χ1) is 8.86. The van der Waals surface area contributed by atoms with Crippen molar-refractivity contribution < 1.29 is 14.6 Å². The van der Waals surface area contributed by atoms with Crippen molar-refractivity contribution in [3.63, 3.8) is 0 Å². The predicted molar refractivity (Wildman–Crippen MR) is 75.9 cm³/mol. The summed E-state index contributed by atoms with van der Waals surface area (Å²) in [6.07, 6.45) is 5.25. The van der Waals surface area contributed by atoms with Gasteiger partial charge in [0.05, 0.1) is 18.6 Å². The summed E-state index contributed by atoms with van der Waals surface area (Å²) in [6.45, 7) is 7.43. The van der Waals surface area contributed by atoms with Crippen molar-refractivity contribution in [3.8, 4) is 0 Å². The Morgan fingerprint density at radius 3 is 2.68 bits per heavy atom. The number of aliphatic hydroxyl groups is 1. The van der Waals surface area contributed by atoms with Gasteiger partial charge in [0.1, 0.15) is 0 Å². The molecule has 1 rings (SSSR count). The van der Waals surface area contributed by atoms with Gasteiger partial charge in [0, 0.05) is 12.6 Å². The van der Waals surface area contributed by atoms with Crippen LogP contribution >= 0.6 is 0 Å². The van der Waals surface area contributed by atoms with Gasteiger partial charge in [0.15, 0.2) is 0 Å². The third-order valence-corrected chi connectivity index (χ3v) is 3.95. The summed E-state index contributed by atoms with van der Waals surface area (Å²) in [5, 5.41) is 9.65. The molecule has 0 aromatic carbocycles. The Bertz CT molecular complexity index is 289. The van der Waals surface area contributed by atoms with Crippen LogP contribution in [-0.4, -0.2) is 48.3 Å². The predicted octanol–water partition coefficient (Wildman–Crippen LogP) is 2.20. The second-order valence-electron chi connectivity index (χ2n) is 6.43. The van der Waals surface area contributed by atoms with E-state index in [0.29, 0.717) is 12.6 Å². The first-order valence-corrected chi connectivity index (χ1v) is 7.37. The number of hydrogen-bond acceptors (Lipinski definition) is 4. The molecule has 0 amide bonds. The van der Waals surface area contributed by atoms with Crippen LogP contribution in [0, 0.1) is 5.41 Å². The monoisotopic (exact) mass is 271 g/mol. The fourth-order valence-electron chi connectivity index (χ4n) is 2.95. The van der Waals surface area contributed by atoms with E-state index in [0.717, 1.165) is 19.4 Å². The van der Waals surface area contributed by atoms with E-state index >= 15 is 0 Å². The standard InChI is InChI=1S/C15H29NO3/c1-12(17)10-13-8-6-5-7-9-16(13)11-15(2,3)14(18)19-4/h12-13,17H,5-11H2,1-4H3. The molecule has 112 valence electrons. The Kier molecular flexibility index (Phi) is 6.27. The summed E-state index contributed by atoms with van der Waals surface area (Å²) >= 11 is 0. The topological polar surface area (TPSA) is 49.8 Å². The van der Waals surface area contributed by atoms with Crippen LogP contribution in [0.1, 0.15) is 52.9 Å². The molecule has 0 radical (unpaired) electrons. The number of rotatable bonds is 5. The largest absolute Gasteiger partial charge is 0.469 e. The van der Waals surface area contributed by atoms with Crippen molar-refractivity contribution in [1.82, 2.24) is 4.90 Å². The molecule has 2 atom stereocenters.